The van der Waals surface area contributed by atoms with E-state index in [1.54, 1.807) is 0 Å². The standard InChI is InChI=1S/C35H26N4O11S2/c40-27-11-3-9-23-25(13-15-29(31(23)27)51(45,46)47)38-33(42)19-5-1-7-21(17-19)36-35(44)37-22-8-2-6-20(18-22)34(43)39-26-14-16-30(52(48,49)50)32-24(26)10-4-12-28(32)41/h1-18,29-30,40-41H,(H2,36,37,44)(H,45,46,47)(H,48,49,50). The first kappa shape index (κ1) is 35.6. The summed E-state index contributed by atoms with van der Waals surface area (Å²) in [6, 6.07) is 19.0. The van der Waals surface area contributed by atoms with Gasteiger partial charge in [-0.1, -0.05) is 48.6 Å². The van der Waals surface area contributed by atoms with Crippen molar-refractivity contribution in [2.24, 2.45) is 9.98 Å². The minimum Gasteiger partial charge on any atom is -0.508 e. The molecule has 2 aliphatic rings. The topological polar surface area (TPSA) is 249 Å². The van der Waals surface area contributed by atoms with Gasteiger partial charge in [0.2, 0.25) is 0 Å². The number of carbonyl (C=O) groups excluding carboxylic acids is 3. The lowest BCUT2D eigenvalue weighted by Crippen LogP contribution is -2.20. The highest BCUT2D eigenvalue weighted by Crippen LogP contribution is 2.38. The molecule has 0 bridgehead atoms. The first-order valence-corrected chi connectivity index (χ1v) is 18.1. The lowest BCUT2D eigenvalue weighted by Gasteiger charge is -2.20. The second-order valence-electron chi connectivity index (χ2n) is 11.4. The quantitative estimate of drug-likeness (QED) is 0.143. The monoisotopic (exact) mass is 742 g/mol. The van der Waals surface area contributed by atoms with Gasteiger partial charge in [0.05, 0.1) is 11.4 Å². The molecule has 2 atom stereocenters. The second-order valence-corrected chi connectivity index (χ2v) is 14.5. The minimum absolute atomic E-state index is 0.0376. The van der Waals surface area contributed by atoms with Crippen LogP contribution >= 0.6 is 0 Å². The number of phenols is 2. The SMILES string of the molecule is O=C(Nc1cccc(C(=O)N=C2C=CC(S(=O)(=O)O)c3c(O)cccc32)c1)Nc1cccc(C(=O)N=C2C=CC(S(=O)(=O)O)c3c(O)cccc32)c1. The molecule has 0 aliphatic heterocycles. The first-order chi connectivity index (χ1) is 24.6. The Morgan fingerprint density at radius 2 is 0.962 bits per heavy atom. The van der Waals surface area contributed by atoms with Gasteiger partial charge < -0.3 is 20.8 Å². The molecule has 0 radical (unpaired) electrons. The molecule has 0 saturated heterocycles. The predicted molar refractivity (Wildman–Crippen MR) is 190 cm³/mol. The van der Waals surface area contributed by atoms with Crippen molar-refractivity contribution in [3.63, 3.8) is 0 Å². The Bertz CT molecular complexity index is 2350. The van der Waals surface area contributed by atoms with Gasteiger partial charge in [-0.2, -0.15) is 16.8 Å². The molecule has 6 N–H and O–H groups in total. The molecule has 0 fully saturated rings. The van der Waals surface area contributed by atoms with Crippen molar-refractivity contribution in [2.45, 2.75) is 10.5 Å². The van der Waals surface area contributed by atoms with E-state index in [0.29, 0.717) is 0 Å². The zero-order valence-electron chi connectivity index (χ0n) is 26.4. The van der Waals surface area contributed by atoms with Crippen LogP contribution < -0.4 is 10.6 Å². The van der Waals surface area contributed by atoms with Gasteiger partial charge in [0, 0.05) is 44.8 Å². The number of amides is 4. The average Bonchev–Trinajstić information content (AvgIpc) is 3.08. The van der Waals surface area contributed by atoms with Gasteiger partial charge in [0.25, 0.3) is 32.1 Å². The van der Waals surface area contributed by atoms with E-state index in [9.17, 15) is 50.5 Å². The molecule has 264 valence electrons. The van der Waals surface area contributed by atoms with Crippen molar-refractivity contribution in [2.75, 3.05) is 10.6 Å². The molecule has 4 amide bonds. The van der Waals surface area contributed by atoms with E-state index in [-0.39, 0.29) is 56.2 Å². The Hall–Kier alpha value is -6.27. The fourth-order valence-electron chi connectivity index (χ4n) is 5.67. The maximum Gasteiger partial charge on any atom is 0.323 e. The number of aliphatic imine (C=N–C) groups is 2. The van der Waals surface area contributed by atoms with Crippen molar-refractivity contribution < 1.29 is 50.5 Å². The van der Waals surface area contributed by atoms with Crippen LogP contribution in [0.15, 0.2) is 119 Å². The molecule has 0 aromatic heterocycles. The van der Waals surface area contributed by atoms with Crippen molar-refractivity contribution in [1.82, 2.24) is 0 Å². The van der Waals surface area contributed by atoms with Crippen LogP contribution in [-0.2, 0) is 20.2 Å². The fraction of sp³-hybridized carbons (Fsp3) is 0.0571. The van der Waals surface area contributed by atoms with Crippen LogP contribution in [0.5, 0.6) is 11.5 Å². The summed E-state index contributed by atoms with van der Waals surface area (Å²) in [7, 11) is -9.25. The smallest absolute Gasteiger partial charge is 0.323 e. The van der Waals surface area contributed by atoms with Crippen LogP contribution in [0.3, 0.4) is 0 Å². The Morgan fingerprint density at radius 3 is 1.35 bits per heavy atom. The van der Waals surface area contributed by atoms with Crippen LogP contribution in [0.1, 0.15) is 53.5 Å². The number of allylic oxidation sites excluding steroid dienone is 2. The number of hydrogen-bond donors (Lipinski definition) is 6. The molecule has 4 aromatic rings. The Kier molecular flexibility index (Phi) is 9.44. The molecule has 6 rings (SSSR count). The lowest BCUT2D eigenvalue weighted by atomic mass is 9.94. The fourth-order valence-corrected chi connectivity index (χ4v) is 7.32. The molecule has 17 heteroatoms. The molecule has 2 aliphatic carbocycles. The second kappa shape index (κ2) is 13.8. The molecule has 15 nitrogen and oxygen atoms in total. The van der Waals surface area contributed by atoms with Gasteiger partial charge in [0.1, 0.15) is 22.0 Å². The summed E-state index contributed by atoms with van der Waals surface area (Å²) < 4.78 is 66.8. The van der Waals surface area contributed by atoms with Crippen molar-refractivity contribution >= 4 is 60.9 Å². The van der Waals surface area contributed by atoms with Gasteiger partial charge in [-0.3, -0.25) is 18.7 Å². The van der Waals surface area contributed by atoms with E-state index in [2.05, 4.69) is 20.6 Å². The number of benzene rings is 4. The largest absolute Gasteiger partial charge is 0.508 e. The highest BCUT2D eigenvalue weighted by Gasteiger charge is 2.33. The first-order valence-electron chi connectivity index (χ1n) is 15.1. The van der Waals surface area contributed by atoms with Crippen LogP contribution in [0.2, 0.25) is 0 Å². The summed E-state index contributed by atoms with van der Waals surface area (Å²) >= 11 is 0. The zero-order valence-corrected chi connectivity index (χ0v) is 28.0. The number of hydrogen-bond acceptors (Lipinski definition) is 9. The number of anilines is 2. The number of phenolic OH excluding ortho intramolecular Hbond substituents is 2. The van der Waals surface area contributed by atoms with Crippen LogP contribution in [0.4, 0.5) is 16.2 Å². The molecule has 2 unspecified atom stereocenters. The van der Waals surface area contributed by atoms with Crippen LogP contribution in [-0.4, -0.2) is 65.4 Å². The third kappa shape index (κ3) is 7.42. The zero-order chi connectivity index (χ0) is 37.4. The highest BCUT2D eigenvalue weighted by atomic mass is 32.2. The third-order valence-electron chi connectivity index (χ3n) is 7.97. The normalized spacial score (nSPS) is 18.0. The van der Waals surface area contributed by atoms with Gasteiger partial charge in [0.15, 0.2) is 0 Å². The van der Waals surface area contributed by atoms with Crippen molar-refractivity contribution in [1.29, 1.82) is 0 Å². The van der Waals surface area contributed by atoms with E-state index in [4.69, 9.17) is 0 Å². The summed E-state index contributed by atoms with van der Waals surface area (Å²) in [5.41, 5.74) is 0.571. The van der Waals surface area contributed by atoms with E-state index in [0.717, 1.165) is 12.2 Å². The summed E-state index contributed by atoms with van der Waals surface area (Å²) in [5, 5.41) is 22.7. The maximum absolute atomic E-state index is 13.1. The Morgan fingerprint density at radius 1 is 0.577 bits per heavy atom. The van der Waals surface area contributed by atoms with E-state index in [1.165, 1.54) is 97.1 Å². The number of urea groups is 1. The molecular formula is C35H26N4O11S2. The number of rotatable bonds is 6. The summed E-state index contributed by atoms with van der Waals surface area (Å²) in [6.07, 6.45) is 4.68. The summed E-state index contributed by atoms with van der Waals surface area (Å²) in [5.74, 6) is -2.32. The summed E-state index contributed by atoms with van der Waals surface area (Å²) in [6.45, 7) is 0. The van der Waals surface area contributed by atoms with Crippen LogP contribution in [0.25, 0.3) is 0 Å². The van der Waals surface area contributed by atoms with Gasteiger partial charge in [-0.25, -0.2) is 14.8 Å². The molecule has 4 aromatic carbocycles. The Labute approximate surface area is 295 Å². The third-order valence-corrected chi connectivity index (χ3v) is 10.0. The lowest BCUT2D eigenvalue weighted by molar-refractivity contribution is 0.0995. The van der Waals surface area contributed by atoms with Gasteiger partial charge in [-0.15, -0.1) is 0 Å². The Balaban J connectivity index is 1.16. The number of nitrogens with zero attached hydrogens (tertiary/aromatic N) is 2. The van der Waals surface area contributed by atoms with Crippen molar-refractivity contribution in [3.05, 3.63) is 143 Å². The molecule has 0 heterocycles. The van der Waals surface area contributed by atoms with Gasteiger partial charge >= 0.3 is 6.03 Å². The number of aromatic hydroxyl groups is 2. The highest BCUT2D eigenvalue weighted by molar-refractivity contribution is 7.86. The summed E-state index contributed by atoms with van der Waals surface area (Å²) in [4.78, 5) is 47.3. The molecule has 52 heavy (non-hydrogen) atoms. The van der Waals surface area contributed by atoms with E-state index >= 15 is 0 Å². The molecular weight excluding hydrogens is 717 g/mol. The van der Waals surface area contributed by atoms with Crippen LogP contribution in [0, 0.1) is 0 Å². The van der Waals surface area contributed by atoms with Crippen molar-refractivity contribution in [3.8, 4) is 11.5 Å². The number of carbonyl (C=O) groups is 3. The van der Waals surface area contributed by atoms with E-state index < -0.39 is 60.1 Å². The number of fused-ring (bicyclic) bond motifs is 2. The molecule has 0 spiro atoms. The van der Waals surface area contributed by atoms with Gasteiger partial charge in [-0.05, 0) is 60.7 Å². The molecule has 0 saturated carbocycles. The predicted octanol–water partition coefficient (Wildman–Crippen LogP) is 5.00. The minimum atomic E-state index is -4.62. The number of nitrogens with one attached hydrogen (secondary N) is 2. The maximum atomic E-state index is 13.1. The average molecular weight is 743 g/mol. The van der Waals surface area contributed by atoms with E-state index in [1.807, 2.05) is 0 Å².